The fourth-order valence-electron chi connectivity index (χ4n) is 4.37. The molecule has 3 amide bonds. The van der Waals surface area contributed by atoms with Crippen LogP contribution in [-0.2, 0) is 9.59 Å². The lowest BCUT2D eigenvalue weighted by Gasteiger charge is -2.33. The zero-order chi connectivity index (χ0) is 24.6. The number of hydrogen-bond acceptors (Lipinski definition) is 5. The maximum Gasteiger partial charge on any atom is 0.287 e. The second-order valence-electron chi connectivity index (χ2n) is 8.79. The summed E-state index contributed by atoms with van der Waals surface area (Å²) in [6.07, 6.45) is 9.76. The van der Waals surface area contributed by atoms with E-state index in [-0.39, 0.29) is 24.3 Å². The van der Waals surface area contributed by atoms with E-state index in [2.05, 4.69) is 15.6 Å². The topological polar surface area (TPSA) is 105 Å². The molecule has 0 bridgehead atoms. The molecule has 4 rings (SSSR count). The number of hydrogen-bond donors (Lipinski definition) is 2. The first-order valence-electron chi connectivity index (χ1n) is 11.9. The average Bonchev–Trinajstić information content (AvgIpc) is 3.43. The molecule has 8 nitrogen and oxygen atoms in total. The highest BCUT2D eigenvalue weighted by atomic mass is 16.3. The number of benzene rings is 1. The molecule has 0 aliphatic heterocycles. The van der Waals surface area contributed by atoms with Crippen LogP contribution in [-0.4, -0.2) is 35.3 Å². The van der Waals surface area contributed by atoms with Crippen LogP contribution in [0.1, 0.15) is 59.8 Å². The predicted molar refractivity (Wildman–Crippen MR) is 132 cm³/mol. The van der Waals surface area contributed by atoms with E-state index in [1.54, 1.807) is 30.6 Å². The summed E-state index contributed by atoms with van der Waals surface area (Å²) in [7, 11) is 0. The molecule has 8 heteroatoms. The van der Waals surface area contributed by atoms with Crippen molar-refractivity contribution in [1.29, 1.82) is 0 Å². The lowest BCUT2D eigenvalue weighted by atomic mass is 9.94. The van der Waals surface area contributed by atoms with Gasteiger partial charge in [-0.25, -0.2) is 0 Å². The smallest absolute Gasteiger partial charge is 0.287 e. The summed E-state index contributed by atoms with van der Waals surface area (Å²) in [6.45, 7) is 1.65. The number of aryl methyl sites for hydroxylation is 1. The number of nitrogens with zero attached hydrogens (tertiary/aromatic N) is 2. The van der Waals surface area contributed by atoms with Gasteiger partial charge in [-0.3, -0.25) is 24.3 Å². The first-order valence-corrected chi connectivity index (χ1v) is 11.9. The quantitative estimate of drug-likeness (QED) is 0.515. The van der Waals surface area contributed by atoms with Crippen molar-refractivity contribution in [2.45, 2.75) is 51.1 Å². The Labute approximate surface area is 204 Å². The number of carbonyl (C=O) groups excluding carboxylic acids is 3. The van der Waals surface area contributed by atoms with Gasteiger partial charge < -0.3 is 15.1 Å². The molecule has 1 aliphatic rings. The number of nitrogens with one attached hydrogen (secondary N) is 2. The van der Waals surface area contributed by atoms with Crippen molar-refractivity contribution in [3.8, 4) is 0 Å². The molecule has 1 saturated carbocycles. The van der Waals surface area contributed by atoms with Gasteiger partial charge in [-0.05, 0) is 61.7 Å². The highest BCUT2D eigenvalue weighted by Gasteiger charge is 2.34. The standard InChI is InChI=1S/C27H30N4O4/c1-19-9-11-22(12-10-19)31(24(32)18-29-26(33)23-8-5-17-35-23)25(20-13-15-28-16-14-20)27(34)30-21-6-3-2-4-7-21/h5,8-17,21,25H,2-4,6-7,18H2,1H3,(H,29,33)(H,30,34). The molecule has 0 spiro atoms. The lowest BCUT2D eigenvalue weighted by Crippen LogP contribution is -2.49. The van der Waals surface area contributed by atoms with Crippen molar-refractivity contribution in [2.75, 3.05) is 11.4 Å². The minimum Gasteiger partial charge on any atom is -0.459 e. The molecular weight excluding hydrogens is 444 g/mol. The lowest BCUT2D eigenvalue weighted by molar-refractivity contribution is -0.127. The van der Waals surface area contributed by atoms with E-state index >= 15 is 0 Å². The average molecular weight is 475 g/mol. The maximum absolute atomic E-state index is 13.7. The number of anilines is 1. The van der Waals surface area contributed by atoms with Crippen molar-refractivity contribution in [3.05, 3.63) is 84.1 Å². The number of amides is 3. The Kier molecular flexibility index (Phi) is 7.92. The van der Waals surface area contributed by atoms with Gasteiger partial charge in [0.05, 0.1) is 12.8 Å². The minimum atomic E-state index is -0.921. The maximum atomic E-state index is 13.7. The van der Waals surface area contributed by atoms with E-state index in [4.69, 9.17) is 4.42 Å². The summed E-state index contributed by atoms with van der Waals surface area (Å²) in [5.74, 6) is -1.07. The van der Waals surface area contributed by atoms with Crippen molar-refractivity contribution >= 4 is 23.4 Å². The molecule has 1 aromatic carbocycles. The van der Waals surface area contributed by atoms with Gasteiger partial charge in [-0.15, -0.1) is 0 Å². The minimum absolute atomic E-state index is 0.0780. The highest BCUT2D eigenvalue weighted by Crippen LogP contribution is 2.29. The first-order chi connectivity index (χ1) is 17.0. The number of aromatic nitrogens is 1. The summed E-state index contributed by atoms with van der Waals surface area (Å²) in [6, 6.07) is 13.2. The second-order valence-corrected chi connectivity index (χ2v) is 8.79. The monoisotopic (exact) mass is 474 g/mol. The van der Waals surface area contributed by atoms with E-state index in [0.717, 1.165) is 31.2 Å². The van der Waals surface area contributed by atoms with Gasteiger partial charge in [-0.2, -0.15) is 0 Å². The van der Waals surface area contributed by atoms with Crippen LogP contribution in [0, 0.1) is 6.92 Å². The molecule has 35 heavy (non-hydrogen) atoms. The number of pyridine rings is 1. The first kappa shape index (κ1) is 24.2. The van der Waals surface area contributed by atoms with Gasteiger partial charge in [0.2, 0.25) is 11.8 Å². The van der Waals surface area contributed by atoms with Gasteiger partial charge in [0.15, 0.2) is 5.76 Å². The van der Waals surface area contributed by atoms with Gasteiger partial charge in [0.25, 0.3) is 5.91 Å². The third-order valence-corrected chi connectivity index (χ3v) is 6.21. The fourth-order valence-corrected chi connectivity index (χ4v) is 4.37. The summed E-state index contributed by atoms with van der Waals surface area (Å²) in [4.78, 5) is 45.2. The molecule has 1 aliphatic carbocycles. The summed E-state index contributed by atoms with van der Waals surface area (Å²) >= 11 is 0. The SMILES string of the molecule is Cc1ccc(N(C(=O)CNC(=O)c2ccco2)C(C(=O)NC2CCCCC2)c2ccncc2)cc1. The summed E-state index contributed by atoms with van der Waals surface area (Å²) in [5.41, 5.74) is 2.23. The van der Waals surface area contributed by atoms with E-state index in [9.17, 15) is 14.4 Å². The normalized spacial score (nSPS) is 14.7. The summed E-state index contributed by atoms with van der Waals surface area (Å²) in [5, 5.41) is 5.77. The Morgan fingerprint density at radius 3 is 2.40 bits per heavy atom. The van der Waals surface area contributed by atoms with Gasteiger partial charge >= 0.3 is 0 Å². The van der Waals surface area contributed by atoms with Crippen LogP contribution in [0.15, 0.2) is 71.6 Å². The molecular formula is C27H30N4O4. The third-order valence-electron chi connectivity index (χ3n) is 6.21. The Morgan fingerprint density at radius 1 is 1.03 bits per heavy atom. The van der Waals surface area contributed by atoms with E-state index < -0.39 is 17.9 Å². The highest BCUT2D eigenvalue weighted by molar-refractivity contribution is 6.04. The number of rotatable bonds is 8. The fraction of sp³-hybridized carbons (Fsp3) is 0.333. The second kappa shape index (κ2) is 11.5. The Hall–Kier alpha value is -3.94. The molecule has 182 valence electrons. The molecule has 2 N–H and O–H groups in total. The zero-order valence-electron chi connectivity index (χ0n) is 19.8. The van der Waals surface area contributed by atoms with E-state index in [1.165, 1.54) is 23.7 Å². The van der Waals surface area contributed by atoms with Crippen molar-refractivity contribution < 1.29 is 18.8 Å². The molecule has 1 fully saturated rings. The number of furan rings is 1. The Morgan fingerprint density at radius 2 is 1.74 bits per heavy atom. The van der Waals surface area contributed by atoms with Crippen molar-refractivity contribution in [3.63, 3.8) is 0 Å². The molecule has 0 saturated heterocycles. The van der Waals surface area contributed by atoms with Crippen LogP contribution in [0.25, 0.3) is 0 Å². The zero-order valence-corrected chi connectivity index (χ0v) is 19.8. The van der Waals surface area contributed by atoms with Crippen LogP contribution in [0.3, 0.4) is 0 Å². The van der Waals surface area contributed by atoms with Gasteiger partial charge in [0.1, 0.15) is 6.04 Å². The molecule has 2 aromatic heterocycles. The number of carbonyl (C=O) groups is 3. The third kappa shape index (κ3) is 6.15. The van der Waals surface area contributed by atoms with E-state index in [0.29, 0.717) is 11.3 Å². The van der Waals surface area contributed by atoms with E-state index in [1.807, 2.05) is 31.2 Å². The molecule has 3 aromatic rings. The van der Waals surface area contributed by atoms with Crippen LogP contribution < -0.4 is 15.5 Å². The van der Waals surface area contributed by atoms with Crippen LogP contribution in [0.2, 0.25) is 0 Å². The van der Waals surface area contributed by atoms with Crippen LogP contribution in [0.4, 0.5) is 5.69 Å². The molecule has 2 heterocycles. The van der Waals surface area contributed by atoms with Crippen LogP contribution >= 0.6 is 0 Å². The predicted octanol–water partition coefficient (Wildman–Crippen LogP) is 3.94. The largest absolute Gasteiger partial charge is 0.459 e. The molecule has 1 unspecified atom stereocenters. The molecule has 1 atom stereocenters. The Bertz CT molecular complexity index is 1120. The van der Waals surface area contributed by atoms with Crippen LogP contribution in [0.5, 0.6) is 0 Å². The summed E-state index contributed by atoms with van der Waals surface area (Å²) < 4.78 is 5.12. The van der Waals surface area contributed by atoms with Crippen molar-refractivity contribution in [2.24, 2.45) is 0 Å². The van der Waals surface area contributed by atoms with Gasteiger partial charge in [-0.1, -0.05) is 37.0 Å². The molecule has 0 radical (unpaired) electrons. The van der Waals surface area contributed by atoms with Crippen molar-refractivity contribution in [1.82, 2.24) is 15.6 Å². The van der Waals surface area contributed by atoms with Gasteiger partial charge in [0, 0.05) is 24.1 Å². The Balaban J connectivity index is 1.65.